The van der Waals surface area contributed by atoms with E-state index in [4.69, 9.17) is 0 Å². The predicted octanol–water partition coefficient (Wildman–Crippen LogP) is 3.10. The third-order valence-corrected chi connectivity index (χ3v) is 5.47. The largest absolute Gasteiger partial charge is 0.494 e. The number of fused-ring (bicyclic) bond motifs is 1. The molecule has 0 spiro atoms. The molecule has 1 atom stereocenters. The van der Waals surface area contributed by atoms with Crippen LogP contribution in [0.3, 0.4) is 0 Å². The molecule has 3 N–H and O–H groups in total. The van der Waals surface area contributed by atoms with Crippen molar-refractivity contribution >= 4 is 33.7 Å². The van der Waals surface area contributed by atoms with Gasteiger partial charge in [-0.1, -0.05) is 12.1 Å². The van der Waals surface area contributed by atoms with Gasteiger partial charge in [0.1, 0.15) is 0 Å². The highest BCUT2D eigenvalue weighted by molar-refractivity contribution is 8.08. The Morgan fingerprint density at radius 2 is 2.30 bits per heavy atom. The molecule has 0 fully saturated rings. The number of aromatic amines is 1. The van der Waals surface area contributed by atoms with Crippen molar-refractivity contribution in [1.29, 1.82) is 0 Å². The Kier molecular flexibility index (Phi) is 2.76. The highest BCUT2D eigenvalue weighted by Gasteiger charge is 2.34. The molecule has 2 aliphatic heterocycles. The Bertz CT molecular complexity index is 729. The van der Waals surface area contributed by atoms with Gasteiger partial charge in [-0.15, -0.1) is 23.1 Å². The highest BCUT2D eigenvalue weighted by Crippen LogP contribution is 2.45. The normalized spacial score (nSPS) is 20.9. The second kappa shape index (κ2) is 4.51. The fourth-order valence-corrected chi connectivity index (χ4v) is 4.36. The SMILES string of the molecule is Oc1[nH]c(C2=CCCS2)c2c1C(c1cccs1)=NC2O. The number of H-pyrrole nitrogens is 1. The number of hydrogen-bond donors (Lipinski definition) is 3. The molecule has 20 heavy (non-hydrogen) atoms. The molecule has 0 radical (unpaired) electrons. The van der Waals surface area contributed by atoms with Crippen LogP contribution in [0.1, 0.15) is 34.3 Å². The minimum Gasteiger partial charge on any atom is -0.494 e. The first-order valence-corrected chi connectivity index (χ1v) is 8.20. The number of aliphatic hydroxyl groups is 1. The average molecular weight is 304 g/mol. The summed E-state index contributed by atoms with van der Waals surface area (Å²) in [5.74, 6) is 1.13. The molecule has 2 aromatic rings. The molecule has 6 heteroatoms. The molecular formula is C14H12N2O2S2. The van der Waals surface area contributed by atoms with Crippen LogP contribution in [0.25, 0.3) is 4.91 Å². The Morgan fingerprint density at radius 1 is 1.40 bits per heavy atom. The van der Waals surface area contributed by atoms with E-state index in [1.165, 1.54) is 0 Å². The molecular weight excluding hydrogens is 292 g/mol. The van der Waals surface area contributed by atoms with Crippen molar-refractivity contribution in [2.75, 3.05) is 5.75 Å². The fraction of sp³-hybridized carbons (Fsp3) is 0.214. The molecule has 4 rings (SSSR count). The van der Waals surface area contributed by atoms with Crippen molar-refractivity contribution in [3.05, 3.63) is 45.3 Å². The Morgan fingerprint density at radius 3 is 3.00 bits per heavy atom. The molecule has 4 heterocycles. The monoisotopic (exact) mass is 304 g/mol. The van der Waals surface area contributed by atoms with Crippen molar-refractivity contribution in [3.8, 4) is 5.88 Å². The van der Waals surface area contributed by atoms with Gasteiger partial charge in [0.15, 0.2) is 12.1 Å². The van der Waals surface area contributed by atoms with Gasteiger partial charge in [0.25, 0.3) is 0 Å². The van der Waals surface area contributed by atoms with Gasteiger partial charge in [-0.3, -0.25) is 0 Å². The third-order valence-electron chi connectivity index (χ3n) is 3.47. The zero-order valence-electron chi connectivity index (χ0n) is 10.5. The second-order valence-corrected chi connectivity index (χ2v) is 6.76. The van der Waals surface area contributed by atoms with Gasteiger partial charge in [-0.25, -0.2) is 4.99 Å². The minimum atomic E-state index is -0.906. The molecule has 2 aromatic heterocycles. The molecule has 0 bridgehead atoms. The molecule has 1 unspecified atom stereocenters. The van der Waals surface area contributed by atoms with Crippen molar-refractivity contribution < 1.29 is 10.2 Å². The number of rotatable bonds is 2. The number of thioether (sulfide) groups is 1. The lowest BCUT2D eigenvalue weighted by molar-refractivity contribution is 0.192. The summed E-state index contributed by atoms with van der Waals surface area (Å²) in [6.07, 6.45) is 2.24. The number of aliphatic hydroxyl groups excluding tert-OH is 1. The van der Waals surface area contributed by atoms with E-state index < -0.39 is 6.23 Å². The van der Waals surface area contributed by atoms with E-state index in [-0.39, 0.29) is 5.88 Å². The van der Waals surface area contributed by atoms with E-state index >= 15 is 0 Å². The van der Waals surface area contributed by atoms with Gasteiger partial charge in [-0.05, 0) is 17.9 Å². The maximum Gasteiger partial charge on any atom is 0.198 e. The molecule has 0 saturated heterocycles. The highest BCUT2D eigenvalue weighted by atomic mass is 32.2. The topological polar surface area (TPSA) is 68.6 Å². The smallest absolute Gasteiger partial charge is 0.198 e. The van der Waals surface area contributed by atoms with Crippen LogP contribution in [0.5, 0.6) is 5.88 Å². The summed E-state index contributed by atoms with van der Waals surface area (Å²) in [6.45, 7) is 0. The first-order valence-electron chi connectivity index (χ1n) is 6.34. The lowest BCUT2D eigenvalue weighted by Gasteiger charge is -2.04. The maximum atomic E-state index is 10.3. The van der Waals surface area contributed by atoms with Crippen LogP contribution in [0, 0.1) is 0 Å². The van der Waals surface area contributed by atoms with Crippen LogP contribution < -0.4 is 0 Å². The fourth-order valence-electron chi connectivity index (χ4n) is 2.64. The Labute approximate surface area is 123 Å². The zero-order chi connectivity index (χ0) is 13.7. The summed E-state index contributed by atoms with van der Waals surface area (Å²) in [5, 5.41) is 22.4. The van der Waals surface area contributed by atoms with E-state index in [0.29, 0.717) is 16.8 Å². The molecule has 0 aliphatic carbocycles. The van der Waals surface area contributed by atoms with Gasteiger partial charge in [0, 0.05) is 16.2 Å². The molecule has 2 aliphatic rings. The third kappa shape index (κ3) is 1.69. The summed E-state index contributed by atoms with van der Waals surface area (Å²) < 4.78 is 0. The van der Waals surface area contributed by atoms with Crippen LogP contribution in [0.15, 0.2) is 28.6 Å². The van der Waals surface area contributed by atoms with Crippen molar-refractivity contribution in [2.24, 2.45) is 4.99 Å². The van der Waals surface area contributed by atoms with Crippen molar-refractivity contribution in [1.82, 2.24) is 4.98 Å². The van der Waals surface area contributed by atoms with E-state index in [2.05, 4.69) is 16.1 Å². The van der Waals surface area contributed by atoms with Gasteiger partial charge < -0.3 is 15.2 Å². The van der Waals surface area contributed by atoms with Gasteiger partial charge >= 0.3 is 0 Å². The lowest BCUT2D eigenvalue weighted by Crippen LogP contribution is -1.96. The van der Waals surface area contributed by atoms with Crippen molar-refractivity contribution in [3.63, 3.8) is 0 Å². The van der Waals surface area contributed by atoms with E-state index in [0.717, 1.165) is 27.6 Å². The van der Waals surface area contributed by atoms with E-state index in [9.17, 15) is 10.2 Å². The summed E-state index contributed by atoms with van der Waals surface area (Å²) in [4.78, 5) is 9.37. The lowest BCUT2D eigenvalue weighted by atomic mass is 10.1. The predicted molar refractivity (Wildman–Crippen MR) is 82.4 cm³/mol. The average Bonchev–Trinajstić information content (AvgIpc) is 3.17. The molecule has 4 nitrogen and oxygen atoms in total. The summed E-state index contributed by atoms with van der Waals surface area (Å²) in [5.41, 5.74) is 2.82. The standard InChI is InChI=1S/C14H12N2O2S2/c17-13-9-10(12(16-13)8-4-2-6-20-8)14(18)15-11(9)7-3-1-5-19-7/h1,3-5,14,16-18H,2,6H2. The molecule has 102 valence electrons. The minimum absolute atomic E-state index is 0.0899. The van der Waals surface area contributed by atoms with Crippen LogP contribution in [-0.4, -0.2) is 26.7 Å². The summed E-state index contributed by atoms with van der Waals surface area (Å²) in [6, 6.07) is 3.88. The number of aromatic nitrogens is 1. The number of nitrogens with zero attached hydrogens (tertiary/aromatic N) is 1. The van der Waals surface area contributed by atoms with Gasteiger partial charge in [-0.2, -0.15) is 0 Å². The maximum absolute atomic E-state index is 10.3. The Balaban J connectivity index is 1.88. The number of hydrogen-bond acceptors (Lipinski definition) is 5. The first kappa shape index (κ1) is 12.3. The number of allylic oxidation sites excluding steroid dienone is 1. The van der Waals surface area contributed by atoms with Crippen molar-refractivity contribution in [2.45, 2.75) is 12.6 Å². The number of aliphatic imine (C=N–C) groups is 1. The van der Waals surface area contributed by atoms with Crippen LogP contribution in [0.2, 0.25) is 0 Å². The zero-order valence-corrected chi connectivity index (χ0v) is 12.1. The molecule has 0 aromatic carbocycles. The van der Waals surface area contributed by atoms with Gasteiger partial charge in [0.05, 0.1) is 21.8 Å². The number of thiophene rings is 1. The molecule has 0 amide bonds. The Hall–Kier alpha value is -1.50. The number of aromatic hydroxyl groups is 1. The van der Waals surface area contributed by atoms with E-state index in [1.54, 1.807) is 23.1 Å². The summed E-state index contributed by atoms with van der Waals surface area (Å²) in [7, 11) is 0. The number of nitrogens with one attached hydrogen (secondary N) is 1. The van der Waals surface area contributed by atoms with Crippen LogP contribution in [-0.2, 0) is 0 Å². The quantitative estimate of drug-likeness (QED) is 0.798. The second-order valence-electron chi connectivity index (χ2n) is 4.67. The molecule has 0 saturated carbocycles. The van der Waals surface area contributed by atoms with E-state index in [1.807, 2.05) is 17.5 Å². The summed E-state index contributed by atoms with van der Waals surface area (Å²) >= 11 is 3.28. The van der Waals surface area contributed by atoms with Crippen LogP contribution in [0.4, 0.5) is 0 Å². The van der Waals surface area contributed by atoms with Crippen LogP contribution >= 0.6 is 23.1 Å². The van der Waals surface area contributed by atoms with Gasteiger partial charge in [0.2, 0.25) is 0 Å². The first-order chi connectivity index (χ1) is 9.75.